The Hall–Kier alpha value is -1.55. The standard InChI is InChI=1S/C14H20N2O2/c1-10(11-4-3-5-13(8-11)18-2)16-14(17)12-6-7-15-9-12/h3-5,8,10,12,15H,6-7,9H2,1-2H3,(H,16,17)/t10-,12-/m0/s1. The third-order valence-corrected chi connectivity index (χ3v) is 3.38. The van der Waals surface area contributed by atoms with Crippen molar-refractivity contribution in [2.24, 2.45) is 5.92 Å². The molecule has 1 aromatic carbocycles. The molecule has 4 heteroatoms. The second-order valence-electron chi connectivity index (χ2n) is 4.70. The minimum Gasteiger partial charge on any atom is -0.497 e. The lowest BCUT2D eigenvalue weighted by Crippen LogP contribution is -2.33. The zero-order valence-corrected chi connectivity index (χ0v) is 10.9. The van der Waals surface area contributed by atoms with E-state index in [4.69, 9.17) is 4.74 Å². The molecule has 2 N–H and O–H groups in total. The van der Waals surface area contributed by atoms with Crippen LogP contribution in [0.1, 0.15) is 24.9 Å². The number of carbonyl (C=O) groups is 1. The molecule has 0 aromatic heterocycles. The largest absolute Gasteiger partial charge is 0.497 e. The van der Waals surface area contributed by atoms with Gasteiger partial charge in [0.15, 0.2) is 0 Å². The Morgan fingerprint density at radius 1 is 1.56 bits per heavy atom. The molecule has 1 amide bonds. The molecule has 1 aromatic rings. The maximum atomic E-state index is 12.0. The predicted molar refractivity (Wildman–Crippen MR) is 70.5 cm³/mol. The van der Waals surface area contributed by atoms with Crippen LogP contribution < -0.4 is 15.4 Å². The fourth-order valence-electron chi connectivity index (χ4n) is 2.20. The number of amides is 1. The van der Waals surface area contributed by atoms with Crippen LogP contribution in [0.25, 0.3) is 0 Å². The lowest BCUT2D eigenvalue weighted by Gasteiger charge is -2.17. The van der Waals surface area contributed by atoms with Crippen molar-refractivity contribution in [2.75, 3.05) is 20.2 Å². The van der Waals surface area contributed by atoms with Gasteiger partial charge in [-0.05, 0) is 37.6 Å². The summed E-state index contributed by atoms with van der Waals surface area (Å²) in [4.78, 5) is 12.0. The molecule has 0 aliphatic carbocycles. The Bertz CT molecular complexity index is 414. The van der Waals surface area contributed by atoms with Crippen molar-refractivity contribution in [1.82, 2.24) is 10.6 Å². The maximum Gasteiger partial charge on any atom is 0.224 e. The van der Waals surface area contributed by atoms with E-state index in [0.29, 0.717) is 0 Å². The van der Waals surface area contributed by atoms with Gasteiger partial charge in [-0.3, -0.25) is 4.79 Å². The highest BCUT2D eigenvalue weighted by atomic mass is 16.5. The zero-order valence-electron chi connectivity index (χ0n) is 10.9. The van der Waals surface area contributed by atoms with Gasteiger partial charge < -0.3 is 15.4 Å². The molecule has 1 fully saturated rings. The number of hydrogen-bond donors (Lipinski definition) is 2. The molecule has 0 unspecified atom stereocenters. The Morgan fingerprint density at radius 3 is 3.06 bits per heavy atom. The first-order chi connectivity index (χ1) is 8.70. The van der Waals surface area contributed by atoms with Crippen LogP contribution in [0.2, 0.25) is 0 Å². The van der Waals surface area contributed by atoms with Crippen molar-refractivity contribution in [3.05, 3.63) is 29.8 Å². The van der Waals surface area contributed by atoms with Crippen LogP contribution >= 0.6 is 0 Å². The molecule has 0 radical (unpaired) electrons. The van der Waals surface area contributed by atoms with E-state index in [1.54, 1.807) is 7.11 Å². The molecule has 1 aliphatic heterocycles. The van der Waals surface area contributed by atoms with E-state index in [-0.39, 0.29) is 17.9 Å². The molecular weight excluding hydrogens is 228 g/mol. The highest BCUT2D eigenvalue weighted by Gasteiger charge is 2.23. The highest BCUT2D eigenvalue weighted by molar-refractivity contribution is 5.79. The van der Waals surface area contributed by atoms with Gasteiger partial charge in [-0.2, -0.15) is 0 Å². The highest BCUT2D eigenvalue weighted by Crippen LogP contribution is 2.19. The predicted octanol–water partition coefficient (Wildman–Crippen LogP) is 1.48. The summed E-state index contributed by atoms with van der Waals surface area (Å²) in [7, 11) is 1.65. The van der Waals surface area contributed by atoms with Crippen molar-refractivity contribution in [1.29, 1.82) is 0 Å². The maximum absolute atomic E-state index is 12.0. The molecule has 98 valence electrons. The molecule has 0 bridgehead atoms. The molecule has 1 saturated heterocycles. The van der Waals surface area contributed by atoms with Crippen molar-refractivity contribution < 1.29 is 9.53 Å². The lowest BCUT2D eigenvalue weighted by atomic mass is 10.0. The Labute approximate surface area is 108 Å². The molecule has 0 saturated carbocycles. The van der Waals surface area contributed by atoms with E-state index in [0.717, 1.165) is 30.8 Å². The number of benzene rings is 1. The number of rotatable bonds is 4. The van der Waals surface area contributed by atoms with Crippen molar-refractivity contribution in [2.45, 2.75) is 19.4 Å². The average molecular weight is 248 g/mol. The zero-order chi connectivity index (χ0) is 13.0. The average Bonchev–Trinajstić information content (AvgIpc) is 2.92. The smallest absolute Gasteiger partial charge is 0.224 e. The van der Waals surface area contributed by atoms with E-state index < -0.39 is 0 Å². The number of nitrogens with one attached hydrogen (secondary N) is 2. The van der Waals surface area contributed by atoms with E-state index in [9.17, 15) is 4.79 Å². The van der Waals surface area contributed by atoms with E-state index >= 15 is 0 Å². The van der Waals surface area contributed by atoms with Crippen LogP contribution in [0.15, 0.2) is 24.3 Å². The quantitative estimate of drug-likeness (QED) is 0.848. The minimum atomic E-state index is 0.00759. The first kappa shape index (κ1) is 12.9. The Balaban J connectivity index is 1.97. The summed E-state index contributed by atoms with van der Waals surface area (Å²) in [5.74, 6) is 1.06. The van der Waals surface area contributed by atoms with Crippen LogP contribution in [-0.4, -0.2) is 26.1 Å². The van der Waals surface area contributed by atoms with Crippen molar-refractivity contribution >= 4 is 5.91 Å². The first-order valence-electron chi connectivity index (χ1n) is 6.35. The van der Waals surface area contributed by atoms with E-state index in [1.807, 2.05) is 31.2 Å². The van der Waals surface area contributed by atoms with Gasteiger partial charge >= 0.3 is 0 Å². The van der Waals surface area contributed by atoms with Crippen LogP contribution in [0.5, 0.6) is 5.75 Å². The van der Waals surface area contributed by atoms with Crippen LogP contribution in [0.4, 0.5) is 0 Å². The van der Waals surface area contributed by atoms with E-state index in [2.05, 4.69) is 10.6 Å². The summed E-state index contributed by atoms with van der Waals surface area (Å²) in [6.07, 6.45) is 0.927. The van der Waals surface area contributed by atoms with E-state index in [1.165, 1.54) is 0 Å². The number of methoxy groups -OCH3 is 1. The van der Waals surface area contributed by atoms with Gasteiger partial charge in [0, 0.05) is 6.54 Å². The molecular formula is C14H20N2O2. The Morgan fingerprint density at radius 2 is 2.39 bits per heavy atom. The second kappa shape index (κ2) is 5.87. The molecule has 2 rings (SSSR count). The third-order valence-electron chi connectivity index (χ3n) is 3.38. The monoisotopic (exact) mass is 248 g/mol. The summed E-state index contributed by atoms with van der Waals surface area (Å²) < 4.78 is 5.19. The van der Waals surface area contributed by atoms with Crippen LogP contribution in [0, 0.1) is 5.92 Å². The lowest BCUT2D eigenvalue weighted by molar-refractivity contribution is -0.125. The van der Waals surface area contributed by atoms with Gasteiger partial charge in [-0.1, -0.05) is 12.1 Å². The molecule has 18 heavy (non-hydrogen) atoms. The molecule has 1 heterocycles. The van der Waals surface area contributed by atoms with Crippen molar-refractivity contribution in [3.63, 3.8) is 0 Å². The second-order valence-corrected chi connectivity index (χ2v) is 4.70. The van der Waals surface area contributed by atoms with Crippen LogP contribution in [0.3, 0.4) is 0 Å². The summed E-state index contributed by atoms with van der Waals surface area (Å²) in [6, 6.07) is 7.80. The van der Waals surface area contributed by atoms with Crippen molar-refractivity contribution in [3.8, 4) is 5.75 Å². The Kier molecular flexibility index (Phi) is 4.20. The summed E-state index contributed by atoms with van der Waals surface area (Å²) >= 11 is 0. The molecule has 1 aliphatic rings. The molecule has 4 nitrogen and oxygen atoms in total. The molecule has 2 atom stereocenters. The van der Waals surface area contributed by atoms with Gasteiger partial charge in [0.2, 0.25) is 5.91 Å². The number of hydrogen-bond acceptors (Lipinski definition) is 3. The number of ether oxygens (including phenoxy) is 1. The number of carbonyl (C=O) groups excluding carboxylic acids is 1. The van der Waals surface area contributed by atoms with Gasteiger partial charge in [-0.25, -0.2) is 0 Å². The van der Waals surface area contributed by atoms with Gasteiger partial charge in [0.1, 0.15) is 5.75 Å². The van der Waals surface area contributed by atoms with Gasteiger partial charge in [0.05, 0.1) is 19.1 Å². The summed E-state index contributed by atoms with van der Waals surface area (Å²) in [5.41, 5.74) is 1.06. The minimum absolute atomic E-state index is 0.00759. The fourth-order valence-corrected chi connectivity index (χ4v) is 2.20. The normalized spacial score (nSPS) is 20.4. The molecule has 0 spiro atoms. The summed E-state index contributed by atoms with van der Waals surface area (Å²) in [6.45, 7) is 3.72. The first-order valence-corrected chi connectivity index (χ1v) is 6.35. The van der Waals surface area contributed by atoms with Gasteiger partial charge in [-0.15, -0.1) is 0 Å². The van der Waals surface area contributed by atoms with Crippen LogP contribution in [-0.2, 0) is 4.79 Å². The van der Waals surface area contributed by atoms with Gasteiger partial charge in [0.25, 0.3) is 0 Å². The SMILES string of the molecule is COc1cccc([C@H](C)NC(=O)[C@H]2CCNC2)c1. The topological polar surface area (TPSA) is 50.4 Å². The third kappa shape index (κ3) is 3.01. The summed E-state index contributed by atoms with van der Waals surface area (Å²) in [5, 5.41) is 6.26. The fraction of sp³-hybridized carbons (Fsp3) is 0.500.